The zero-order valence-corrected chi connectivity index (χ0v) is 21.3. The van der Waals surface area contributed by atoms with Crippen molar-refractivity contribution in [2.45, 2.75) is 45.1 Å². The summed E-state index contributed by atoms with van der Waals surface area (Å²) in [5.41, 5.74) is 0.796. The molecule has 1 unspecified atom stereocenters. The molecular weight excluding hydrogens is 501 g/mol. The maximum absolute atomic E-state index is 13.5. The molecule has 0 spiro atoms. The Kier molecular flexibility index (Phi) is 8.07. The maximum atomic E-state index is 13.5. The Labute approximate surface area is 218 Å². The van der Waals surface area contributed by atoms with E-state index in [4.69, 9.17) is 20.8 Å². The normalized spacial score (nSPS) is 16.6. The number of amides is 1. The Hall–Kier alpha value is -3.52. The Balaban J connectivity index is 1.60. The number of ether oxygens (including phenoxy) is 1. The van der Waals surface area contributed by atoms with Gasteiger partial charge in [-0.3, -0.25) is 9.59 Å². The molecule has 1 saturated heterocycles. The fourth-order valence-electron chi connectivity index (χ4n) is 4.76. The molecule has 9 heteroatoms. The number of piperidine rings is 1. The fraction of sp³-hybridized carbons (Fsp3) is 0.357. The van der Waals surface area contributed by atoms with Crippen LogP contribution in [0.5, 0.6) is 0 Å². The van der Waals surface area contributed by atoms with Crippen LogP contribution in [-0.2, 0) is 19.1 Å². The highest BCUT2D eigenvalue weighted by molar-refractivity contribution is 6.33. The van der Waals surface area contributed by atoms with Crippen molar-refractivity contribution in [2.24, 2.45) is 5.92 Å². The van der Waals surface area contributed by atoms with Crippen molar-refractivity contribution in [2.75, 3.05) is 13.1 Å². The van der Waals surface area contributed by atoms with Gasteiger partial charge in [0.05, 0.1) is 17.5 Å². The van der Waals surface area contributed by atoms with Crippen molar-refractivity contribution < 1.29 is 27.9 Å². The van der Waals surface area contributed by atoms with Crippen LogP contribution in [0.25, 0.3) is 22.1 Å². The maximum Gasteiger partial charge on any atom is 0.336 e. The summed E-state index contributed by atoms with van der Waals surface area (Å²) in [4.78, 5) is 51.4. The highest BCUT2D eigenvalue weighted by Gasteiger charge is 2.31. The highest BCUT2D eigenvalue weighted by atomic mass is 35.5. The van der Waals surface area contributed by atoms with E-state index in [-0.39, 0.29) is 40.9 Å². The van der Waals surface area contributed by atoms with Crippen molar-refractivity contribution in [3.05, 3.63) is 69.3 Å². The molecule has 37 heavy (non-hydrogen) atoms. The average Bonchev–Trinajstić information content (AvgIpc) is 2.83. The van der Waals surface area contributed by atoms with Gasteiger partial charge >= 0.3 is 11.6 Å². The zero-order chi connectivity index (χ0) is 26.7. The number of rotatable bonds is 7. The fourth-order valence-corrected chi connectivity index (χ4v) is 5.03. The second kappa shape index (κ2) is 11.3. The van der Waals surface area contributed by atoms with E-state index in [1.807, 2.05) is 0 Å². The summed E-state index contributed by atoms with van der Waals surface area (Å²) in [6.45, 7) is 4.40. The smallest absolute Gasteiger partial charge is 0.336 e. The Morgan fingerprint density at radius 2 is 1.97 bits per heavy atom. The first-order valence-corrected chi connectivity index (χ1v) is 12.5. The first-order valence-electron chi connectivity index (χ1n) is 12.1. The van der Waals surface area contributed by atoms with E-state index >= 15 is 0 Å². The predicted octanol–water partition coefficient (Wildman–Crippen LogP) is 5.12. The quantitative estimate of drug-likeness (QED) is 0.183. The number of nitrogens with zero attached hydrogens (tertiary/aromatic N) is 1. The van der Waals surface area contributed by atoms with Crippen LogP contribution < -0.4 is 5.63 Å². The Morgan fingerprint density at radius 3 is 2.68 bits per heavy atom. The molecule has 1 amide bonds. The number of aldehydes is 1. The van der Waals surface area contributed by atoms with E-state index in [0.29, 0.717) is 47.9 Å². The highest BCUT2D eigenvalue weighted by Crippen LogP contribution is 2.34. The van der Waals surface area contributed by atoms with Crippen molar-refractivity contribution in [3.8, 4) is 11.1 Å². The lowest BCUT2D eigenvalue weighted by Crippen LogP contribution is -2.43. The molecule has 0 saturated carbocycles. The third kappa shape index (κ3) is 6.07. The summed E-state index contributed by atoms with van der Waals surface area (Å²) in [5, 5.41) is 0.657. The van der Waals surface area contributed by atoms with E-state index in [1.54, 1.807) is 30.9 Å². The van der Waals surface area contributed by atoms with E-state index in [2.05, 4.69) is 0 Å². The lowest BCUT2D eigenvalue weighted by atomic mass is 9.91. The topological polar surface area (TPSA) is 93.9 Å². The number of carbonyl (C=O) groups is 3. The van der Waals surface area contributed by atoms with Gasteiger partial charge in [-0.15, -0.1) is 0 Å². The summed E-state index contributed by atoms with van der Waals surface area (Å²) in [7, 11) is 0. The average molecular weight is 528 g/mol. The number of benzene rings is 2. The molecule has 2 atom stereocenters. The van der Waals surface area contributed by atoms with E-state index in [9.17, 15) is 23.6 Å². The largest absolute Gasteiger partial charge is 0.463 e. The number of esters is 1. The molecule has 1 aromatic heterocycles. The van der Waals surface area contributed by atoms with Crippen molar-refractivity contribution in [1.29, 1.82) is 0 Å². The third-order valence-corrected chi connectivity index (χ3v) is 6.72. The molecule has 4 rings (SSSR count). The van der Waals surface area contributed by atoms with Crippen LogP contribution >= 0.6 is 11.6 Å². The number of likely N-dealkylation sites (tertiary alicyclic amines) is 1. The van der Waals surface area contributed by atoms with Gasteiger partial charge in [-0.05, 0) is 62.4 Å². The van der Waals surface area contributed by atoms with Crippen LogP contribution in [-0.4, -0.2) is 42.3 Å². The summed E-state index contributed by atoms with van der Waals surface area (Å²) >= 11 is 6.22. The minimum atomic E-state index is -1.10. The van der Waals surface area contributed by atoms with Gasteiger partial charge in [0.25, 0.3) is 0 Å². The van der Waals surface area contributed by atoms with Gasteiger partial charge in [-0.25, -0.2) is 9.18 Å². The van der Waals surface area contributed by atoms with Gasteiger partial charge < -0.3 is 18.8 Å². The molecule has 2 heterocycles. The molecule has 194 valence electrons. The van der Waals surface area contributed by atoms with Crippen molar-refractivity contribution in [1.82, 2.24) is 4.90 Å². The van der Waals surface area contributed by atoms with Gasteiger partial charge in [0.15, 0.2) is 0 Å². The number of fused-ring (bicyclic) bond motifs is 1. The van der Waals surface area contributed by atoms with Crippen LogP contribution in [0.3, 0.4) is 0 Å². The second-order valence-corrected chi connectivity index (χ2v) is 9.92. The van der Waals surface area contributed by atoms with Gasteiger partial charge in [0, 0.05) is 35.7 Å². The van der Waals surface area contributed by atoms with Crippen molar-refractivity contribution >= 4 is 40.7 Å². The lowest BCUT2D eigenvalue weighted by Gasteiger charge is -2.34. The summed E-state index contributed by atoms with van der Waals surface area (Å²) in [6, 6.07) is 9.90. The van der Waals surface area contributed by atoms with Crippen LogP contribution in [0.1, 0.15) is 44.6 Å². The summed E-state index contributed by atoms with van der Waals surface area (Å²) < 4.78 is 24.2. The number of hydrogen-bond acceptors (Lipinski definition) is 6. The predicted molar refractivity (Wildman–Crippen MR) is 137 cm³/mol. The van der Waals surface area contributed by atoms with Crippen LogP contribution in [0.4, 0.5) is 4.39 Å². The number of hydrogen-bond donors (Lipinski definition) is 0. The third-order valence-electron chi connectivity index (χ3n) is 6.40. The Bertz CT molecular complexity index is 1400. The van der Waals surface area contributed by atoms with Gasteiger partial charge in [-0.1, -0.05) is 23.7 Å². The number of carbonyl (C=O) groups excluding carboxylic acids is 3. The molecule has 1 fully saturated rings. The minimum Gasteiger partial charge on any atom is -0.463 e. The molecular formula is C28H27ClFNO6. The first kappa shape index (κ1) is 26.5. The van der Waals surface area contributed by atoms with Crippen LogP contribution in [0.15, 0.2) is 51.7 Å². The molecule has 0 aliphatic carbocycles. The first-order chi connectivity index (χ1) is 17.7. The molecule has 7 nitrogen and oxygen atoms in total. The standard InChI is InChI=1S/C28H27ClFNO6/c1-16(2)36-26(33)10-17-4-3-9-31(14-17)28(35)23(15-32)18-5-7-21-22(13-27(34)37-25(21)11-18)20-8-6-19(30)12-24(20)29/h5-8,11-13,15-17,23H,3-4,9-10,14H2,1-2H3/t17-,23?/m1/s1. The van der Waals surface area contributed by atoms with Crippen LogP contribution in [0, 0.1) is 11.7 Å². The molecule has 2 aromatic carbocycles. The molecule has 0 N–H and O–H groups in total. The Morgan fingerprint density at radius 1 is 1.19 bits per heavy atom. The summed E-state index contributed by atoms with van der Waals surface area (Å²) in [5.74, 6) is -2.34. The monoisotopic (exact) mass is 527 g/mol. The minimum absolute atomic E-state index is 0.0473. The van der Waals surface area contributed by atoms with Crippen molar-refractivity contribution in [3.63, 3.8) is 0 Å². The lowest BCUT2D eigenvalue weighted by molar-refractivity contribution is -0.150. The van der Waals surface area contributed by atoms with Gasteiger partial charge in [0.1, 0.15) is 23.6 Å². The van der Waals surface area contributed by atoms with Gasteiger partial charge in [0.2, 0.25) is 5.91 Å². The van der Waals surface area contributed by atoms with E-state index < -0.39 is 17.4 Å². The number of halogens is 2. The zero-order valence-electron chi connectivity index (χ0n) is 20.5. The molecule has 1 aliphatic rings. The molecule has 0 radical (unpaired) electrons. The molecule has 3 aromatic rings. The summed E-state index contributed by atoms with van der Waals surface area (Å²) in [6.07, 6.45) is 2.08. The molecule has 1 aliphatic heterocycles. The van der Waals surface area contributed by atoms with E-state index in [0.717, 1.165) is 12.5 Å². The SMILES string of the molecule is CC(C)OC(=O)C[C@H]1CCCN(C(=O)C(C=O)c2ccc3c(-c4ccc(F)cc4Cl)cc(=O)oc3c2)C1. The van der Waals surface area contributed by atoms with E-state index in [1.165, 1.54) is 24.3 Å². The van der Waals surface area contributed by atoms with Crippen LogP contribution in [0.2, 0.25) is 5.02 Å². The molecule has 0 bridgehead atoms. The van der Waals surface area contributed by atoms with Gasteiger partial charge in [-0.2, -0.15) is 0 Å². The second-order valence-electron chi connectivity index (χ2n) is 9.51.